The summed E-state index contributed by atoms with van der Waals surface area (Å²) in [4.78, 5) is 57.7. The molecule has 0 atom stereocenters. The molecule has 1 aromatic carbocycles. The highest BCUT2D eigenvalue weighted by atomic mass is 32.2. The zero-order valence-electron chi connectivity index (χ0n) is 20.9. The second-order valence-electron chi connectivity index (χ2n) is 9.25. The van der Waals surface area contributed by atoms with Crippen LogP contribution >= 0.6 is 11.8 Å². The van der Waals surface area contributed by atoms with Gasteiger partial charge in [-0.3, -0.25) is 29.3 Å². The summed E-state index contributed by atoms with van der Waals surface area (Å²) in [5.74, 6) is 1.96. The molecule has 1 heterocycles. The van der Waals surface area contributed by atoms with E-state index in [2.05, 4.69) is 10.2 Å². The van der Waals surface area contributed by atoms with Crippen LogP contribution in [0.25, 0.3) is 0 Å². The van der Waals surface area contributed by atoms with E-state index < -0.39 is 49.3 Å². The van der Waals surface area contributed by atoms with Crippen molar-refractivity contribution in [3.63, 3.8) is 0 Å². The minimum absolute atomic E-state index is 0.0668. The first kappa shape index (κ1) is 29.8. The van der Waals surface area contributed by atoms with E-state index in [1.165, 1.54) is 11.8 Å². The number of nitro benzene ring substituents is 1. The number of thioether (sulfide) groups is 1. The standard InChI is InChI=1S/C14H13NO7S.C8H14N4OS/c1-23(21,22)8-5-6-9(10(7-8)15(19)20)14(18)13-11(16)3-2-4-12(13)17;1-8(2,3)5-6(13)12(9)7(14-4)11-10-5/h5-7,13H,2-4H2,1H3;9H2,1-4H3. The maximum atomic E-state index is 12.4. The highest BCUT2D eigenvalue weighted by Crippen LogP contribution is 2.28. The molecule has 1 aromatic heterocycles. The number of nitro groups is 1. The van der Waals surface area contributed by atoms with Crippen LogP contribution in [0.2, 0.25) is 0 Å². The fourth-order valence-corrected chi connectivity index (χ4v) is 4.49. The SMILES string of the molecule is CS(=O)(=O)c1ccc(C(=O)C2C(=O)CCCC2=O)c([N+](=O)[O-])c1.CSc1nnc(C(C)(C)C)c(=O)n1N. The van der Waals surface area contributed by atoms with Crippen LogP contribution in [0.1, 0.15) is 56.1 Å². The molecule has 0 spiro atoms. The second kappa shape index (κ2) is 11.3. The summed E-state index contributed by atoms with van der Waals surface area (Å²) in [5.41, 5.74) is -1.39. The van der Waals surface area contributed by atoms with Crippen LogP contribution in [0.5, 0.6) is 0 Å². The first-order chi connectivity index (χ1) is 17.0. The molecular weight excluding hydrogens is 526 g/mol. The van der Waals surface area contributed by atoms with Crippen molar-refractivity contribution in [2.45, 2.75) is 55.5 Å². The van der Waals surface area contributed by atoms with E-state index >= 15 is 0 Å². The first-order valence-corrected chi connectivity index (χ1v) is 14.0. The van der Waals surface area contributed by atoms with Gasteiger partial charge in [-0.1, -0.05) is 32.5 Å². The molecule has 0 unspecified atom stereocenters. The number of nitrogen functional groups attached to an aromatic ring is 1. The lowest BCUT2D eigenvalue weighted by Crippen LogP contribution is -2.37. The van der Waals surface area contributed by atoms with Crippen LogP contribution in [0.3, 0.4) is 0 Å². The Morgan fingerprint density at radius 2 is 1.73 bits per heavy atom. The van der Waals surface area contributed by atoms with Gasteiger partial charge in [0.1, 0.15) is 11.6 Å². The van der Waals surface area contributed by atoms with Crippen molar-refractivity contribution in [1.82, 2.24) is 14.9 Å². The van der Waals surface area contributed by atoms with Crippen LogP contribution in [-0.4, -0.2) is 58.1 Å². The normalized spacial score (nSPS) is 14.6. The summed E-state index contributed by atoms with van der Waals surface area (Å²) in [7, 11) is -3.70. The smallest absolute Gasteiger partial charge is 0.295 e. The third-order valence-electron chi connectivity index (χ3n) is 5.37. The molecule has 2 N–H and O–H groups in total. The average molecular weight is 554 g/mol. The number of nitrogens with zero attached hydrogens (tertiary/aromatic N) is 4. The molecule has 0 bridgehead atoms. The van der Waals surface area contributed by atoms with Gasteiger partial charge in [-0.25, -0.2) is 8.42 Å². The molecule has 1 aliphatic rings. The Hall–Kier alpha value is -3.46. The number of ketones is 3. The fraction of sp³-hybridized carbons (Fsp3) is 0.455. The van der Waals surface area contributed by atoms with E-state index in [1.807, 2.05) is 20.8 Å². The van der Waals surface area contributed by atoms with Crippen molar-refractivity contribution >= 4 is 44.6 Å². The number of carbonyl (C=O) groups is 3. The number of Topliss-reactive ketones (excluding diaryl/α,β-unsaturated/α-hetero) is 3. The lowest BCUT2D eigenvalue weighted by atomic mass is 9.81. The molecule has 15 heteroatoms. The van der Waals surface area contributed by atoms with Gasteiger partial charge in [0.2, 0.25) is 5.16 Å². The van der Waals surface area contributed by atoms with Gasteiger partial charge in [-0.2, -0.15) is 4.68 Å². The molecular formula is C22H27N5O8S2. The summed E-state index contributed by atoms with van der Waals surface area (Å²) in [6.07, 6.45) is 3.16. The van der Waals surface area contributed by atoms with Crippen LogP contribution in [0, 0.1) is 16.0 Å². The average Bonchev–Trinajstić information content (AvgIpc) is 2.79. The number of hydrogen-bond acceptors (Lipinski definition) is 12. The summed E-state index contributed by atoms with van der Waals surface area (Å²) in [6.45, 7) is 5.70. The van der Waals surface area contributed by atoms with E-state index in [-0.39, 0.29) is 28.7 Å². The molecule has 0 aliphatic heterocycles. The Bertz CT molecular complexity index is 1410. The minimum Gasteiger partial charge on any atom is -0.334 e. The Kier molecular flexibility index (Phi) is 9.09. The Balaban J connectivity index is 0.000000294. The predicted octanol–water partition coefficient (Wildman–Crippen LogP) is 1.49. The largest absolute Gasteiger partial charge is 0.334 e. The molecule has 1 aliphatic carbocycles. The van der Waals surface area contributed by atoms with Crippen molar-refractivity contribution in [3.05, 3.63) is 49.9 Å². The predicted molar refractivity (Wildman–Crippen MR) is 135 cm³/mol. The van der Waals surface area contributed by atoms with Gasteiger partial charge in [0.15, 0.2) is 27.2 Å². The molecule has 1 fully saturated rings. The number of carbonyl (C=O) groups excluding carboxylic acids is 3. The highest BCUT2D eigenvalue weighted by molar-refractivity contribution is 7.98. The van der Waals surface area contributed by atoms with Crippen molar-refractivity contribution in [2.75, 3.05) is 18.4 Å². The zero-order valence-corrected chi connectivity index (χ0v) is 22.5. The third kappa shape index (κ3) is 6.85. The third-order valence-corrected chi connectivity index (χ3v) is 7.12. The Labute approximate surface area is 216 Å². The van der Waals surface area contributed by atoms with E-state index in [0.29, 0.717) is 17.3 Å². The Morgan fingerprint density at radius 1 is 1.16 bits per heavy atom. The topological polar surface area (TPSA) is 202 Å². The van der Waals surface area contributed by atoms with Crippen molar-refractivity contribution in [1.29, 1.82) is 0 Å². The number of hydrogen-bond donors (Lipinski definition) is 1. The maximum absolute atomic E-state index is 12.4. The highest BCUT2D eigenvalue weighted by Gasteiger charge is 2.39. The van der Waals surface area contributed by atoms with Gasteiger partial charge in [0.05, 0.1) is 15.4 Å². The number of sulfone groups is 1. The lowest BCUT2D eigenvalue weighted by Gasteiger charge is -2.18. The van der Waals surface area contributed by atoms with Crippen molar-refractivity contribution in [3.8, 4) is 0 Å². The fourth-order valence-electron chi connectivity index (χ4n) is 3.45. The molecule has 37 heavy (non-hydrogen) atoms. The summed E-state index contributed by atoms with van der Waals surface area (Å²) in [5, 5.41) is 19.3. The summed E-state index contributed by atoms with van der Waals surface area (Å²) >= 11 is 1.29. The van der Waals surface area contributed by atoms with Crippen LogP contribution in [0.15, 0.2) is 33.0 Å². The molecule has 1 saturated carbocycles. The molecule has 200 valence electrons. The maximum Gasteiger partial charge on any atom is 0.295 e. The first-order valence-electron chi connectivity index (χ1n) is 10.9. The number of rotatable bonds is 5. The quantitative estimate of drug-likeness (QED) is 0.140. The molecule has 0 saturated heterocycles. The minimum atomic E-state index is -3.70. The summed E-state index contributed by atoms with van der Waals surface area (Å²) < 4.78 is 24.0. The van der Waals surface area contributed by atoms with E-state index in [9.17, 15) is 37.7 Å². The molecule has 13 nitrogen and oxygen atoms in total. The van der Waals surface area contributed by atoms with Gasteiger partial charge in [-0.05, 0) is 24.8 Å². The number of nitrogens with two attached hydrogens (primary N) is 1. The van der Waals surface area contributed by atoms with Gasteiger partial charge in [0.25, 0.3) is 11.2 Å². The Morgan fingerprint density at radius 3 is 2.19 bits per heavy atom. The molecule has 0 amide bonds. The van der Waals surface area contributed by atoms with Gasteiger partial charge in [-0.15, -0.1) is 10.2 Å². The number of benzene rings is 1. The lowest BCUT2D eigenvalue weighted by molar-refractivity contribution is -0.385. The zero-order chi connectivity index (χ0) is 28.3. The van der Waals surface area contributed by atoms with Crippen LogP contribution in [0.4, 0.5) is 5.69 Å². The van der Waals surface area contributed by atoms with E-state index in [0.717, 1.165) is 29.1 Å². The second-order valence-corrected chi connectivity index (χ2v) is 12.0. The molecule has 0 radical (unpaired) electrons. The van der Waals surface area contributed by atoms with Crippen molar-refractivity contribution in [2.24, 2.45) is 5.92 Å². The van der Waals surface area contributed by atoms with Crippen molar-refractivity contribution < 1.29 is 27.7 Å². The summed E-state index contributed by atoms with van der Waals surface area (Å²) in [6, 6.07) is 2.79. The van der Waals surface area contributed by atoms with Gasteiger partial charge in [0, 0.05) is 30.6 Å². The van der Waals surface area contributed by atoms with E-state index in [1.54, 1.807) is 6.26 Å². The van der Waals surface area contributed by atoms with Gasteiger partial charge >= 0.3 is 0 Å². The monoisotopic (exact) mass is 553 g/mol. The van der Waals surface area contributed by atoms with Crippen LogP contribution < -0.4 is 11.4 Å². The van der Waals surface area contributed by atoms with E-state index in [4.69, 9.17) is 5.84 Å². The molecule has 2 aromatic rings. The van der Waals surface area contributed by atoms with Crippen LogP contribution in [-0.2, 0) is 24.8 Å². The van der Waals surface area contributed by atoms with Gasteiger partial charge < -0.3 is 5.84 Å². The number of aromatic nitrogens is 3. The molecule has 3 rings (SSSR count).